The van der Waals surface area contributed by atoms with Crippen molar-refractivity contribution in [1.29, 1.82) is 0 Å². The van der Waals surface area contributed by atoms with Crippen LogP contribution in [0, 0.1) is 5.92 Å². The van der Waals surface area contributed by atoms with Crippen LogP contribution in [0.4, 0.5) is 0 Å². The zero-order valence-corrected chi connectivity index (χ0v) is 13.6. The minimum atomic E-state index is 0.513. The van der Waals surface area contributed by atoms with Crippen molar-refractivity contribution in [3.05, 3.63) is 15.6 Å². The van der Waals surface area contributed by atoms with E-state index < -0.39 is 0 Å². The average Bonchev–Trinajstić information content (AvgIpc) is 2.92. The van der Waals surface area contributed by atoms with Gasteiger partial charge in [-0.2, -0.15) is 0 Å². The molecule has 0 radical (unpaired) electrons. The van der Waals surface area contributed by atoms with Crippen molar-refractivity contribution in [3.63, 3.8) is 0 Å². The Morgan fingerprint density at radius 1 is 1.15 bits per heavy atom. The number of nitrogens with one attached hydrogen (secondary N) is 1. The predicted octanol–water partition coefficient (Wildman–Crippen LogP) is 4.64. The number of nitrogens with zero attached hydrogens (tertiary/aromatic N) is 1. The Kier molecular flexibility index (Phi) is 5.11. The Labute approximate surface area is 127 Å². The average molecular weight is 292 g/mol. The molecule has 2 aliphatic rings. The summed E-state index contributed by atoms with van der Waals surface area (Å²) in [6, 6.07) is 0.513. The molecule has 1 atom stereocenters. The van der Waals surface area contributed by atoms with Gasteiger partial charge < -0.3 is 5.32 Å². The van der Waals surface area contributed by atoms with Crippen molar-refractivity contribution < 1.29 is 0 Å². The van der Waals surface area contributed by atoms with Crippen LogP contribution in [-0.4, -0.2) is 11.5 Å². The van der Waals surface area contributed by atoms with E-state index in [1.807, 2.05) is 11.3 Å². The summed E-state index contributed by atoms with van der Waals surface area (Å²) >= 11 is 2.00. The van der Waals surface area contributed by atoms with Crippen LogP contribution in [0.25, 0.3) is 0 Å². The third-order valence-corrected chi connectivity index (χ3v) is 6.18. The van der Waals surface area contributed by atoms with Gasteiger partial charge in [-0.25, -0.2) is 4.98 Å². The lowest BCUT2D eigenvalue weighted by Gasteiger charge is -2.26. The molecule has 1 heterocycles. The molecule has 1 saturated carbocycles. The number of fused-ring (bicyclic) bond motifs is 1. The largest absolute Gasteiger partial charge is 0.308 e. The maximum atomic E-state index is 4.99. The zero-order chi connectivity index (χ0) is 13.8. The molecule has 2 aliphatic carbocycles. The zero-order valence-electron chi connectivity index (χ0n) is 12.8. The van der Waals surface area contributed by atoms with Crippen LogP contribution in [0.3, 0.4) is 0 Å². The van der Waals surface area contributed by atoms with E-state index in [1.54, 1.807) is 4.88 Å². The van der Waals surface area contributed by atoms with Gasteiger partial charge in [-0.3, -0.25) is 0 Å². The second-order valence-corrected chi connectivity index (χ2v) is 7.59. The third-order valence-electron chi connectivity index (χ3n) is 4.90. The number of hydrogen-bond acceptors (Lipinski definition) is 3. The van der Waals surface area contributed by atoms with E-state index >= 15 is 0 Å². The predicted molar refractivity (Wildman–Crippen MR) is 86.4 cm³/mol. The van der Waals surface area contributed by atoms with Crippen LogP contribution in [0.5, 0.6) is 0 Å². The molecule has 1 aromatic heterocycles. The number of aromatic nitrogens is 1. The Bertz CT molecular complexity index is 397. The van der Waals surface area contributed by atoms with Gasteiger partial charge in [0.05, 0.1) is 11.7 Å². The number of aryl methyl sites for hydroxylation is 2. The van der Waals surface area contributed by atoms with E-state index in [0.717, 1.165) is 12.5 Å². The lowest BCUT2D eigenvalue weighted by atomic mass is 9.85. The summed E-state index contributed by atoms with van der Waals surface area (Å²) < 4.78 is 0. The van der Waals surface area contributed by atoms with Gasteiger partial charge in [-0.15, -0.1) is 11.3 Å². The van der Waals surface area contributed by atoms with Crippen molar-refractivity contribution in [2.45, 2.75) is 77.2 Å². The first-order valence-electron chi connectivity index (χ1n) is 8.58. The second-order valence-electron chi connectivity index (χ2n) is 6.48. The van der Waals surface area contributed by atoms with Crippen molar-refractivity contribution >= 4 is 11.3 Å². The van der Waals surface area contributed by atoms with Gasteiger partial charge in [0.25, 0.3) is 0 Å². The molecule has 3 heteroatoms. The molecule has 0 bridgehead atoms. The van der Waals surface area contributed by atoms with E-state index in [0.29, 0.717) is 6.04 Å². The minimum absolute atomic E-state index is 0.513. The highest BCUT2D eigenvalue weighted by atomic mass is 32.1. The Balaban J connectivity index is 1.70. The summed E-state index contributed by atoms with van der Waals surface area (Å²) in [5.74, 6) is 0.925. The van der Waals surface area contributed by atoms with Crippen LogP contribution in [0.2, 0.25) is 0 Å². The summed E-state index contributed by atoms with van der Waals surface area (Å²) in [6.07, 6.45) is 13.7. The number of thiazole rings is 1. The highest BCUT2D eigenvalue weighted by molar-refractivity contribution is 7.11. The van der Waals surface area contributed by atoms with Crippen LogP contribution < -0.4 is 5.32 Å². The monoisotopic (exact) mass is 292 g/mol. The first kappa shape index (κ1) is 14.5. The molecule has 0 aliphatic heterocycles. The van der Waals surface area contributed by atoms with E-state index in [2.05, 4.69) is 12.2 Å². The normalized spacial score (nSPS) is 21.6. The Morgan fingerprint density at radius 2 is 1.95 bits per heavy atom. The maximum Gasteiger partial charge on any atom is 0.110 e. The quantitative estimate of drug-likeness (QED) is 0.855. The molecule has 1 fully saturated rings. The van der Waals surface area contributed by atoms with Gasteiger partial charge in [-0.05, 0) is 44.6 Å². The molecule has 0 aromatic carbocycles. The standard InChI is InChI=1S/C17H28N2S/c1-2-18-15(12-13-8-4-3-5-9-13)17-19-14-10-6-7-11-16(14)20-17/h13,15,18H,2-12H2,1H3. The molecule has 112 valence electrons. The van der Waals surface area contributed by atoms with E-state index in [4.69, 9.17) is 4.98 Å². The SMILES string of the molecule is CCNC(CC1CCCCC1)c1nc2c(s1)CCCC2. The highest BCUT2D eigenvalue weighted by Crippen LogP contribution is 2.35. The van der Waals surface area contributed by atoms with Gasteiger partial charge in [-0.1, -0.05) is 39.0 Å². The lowest BCUT2D eigenvalue weighted by Crippen LogP contribution is -2.24. The molecule has 3 rings (SSSR count). The fourth-order valence-electron chi connectivity index (χ4n) is 3.80. The van der Waals surface area contributed by atoms with Crippen LogP contribution in [0.1, 0.15) is 79.9 Å². The molecular weight excluding hydrogens is 264 g/mol. The highest BCUT2D eigenvalue weighted by Gasteiger charge is 2.24. The second kappa shape index (κ2) is 7.04. The summed E-state index contributed by atoms with van der Waals surface area (Å²) in [5.41, 5.74) is 1.42. The molecule has 1 unspecified atom stereocenters. The fraction of sp³-hybridized carbons (Fsp3) is 0.824. The van der Waals surface area contributed by atoms with E-state index in [-0.39, 0.29) is 0 Å². The Hall–Kier alpha value is -0.410. The molecule has 1 N–H and O–H groups in total. The molecule has 1 aromatic rings. The molecular formula is C17H28N2S. The van der Waals surface area contributed by atoms with Gasteiger partial charge >= 0.3 is 0 Å². The molecule has 0 spiro atoms. The maximum absolute atomic E-state index is 4.99. The summed E-state index contributed by atoms with van der Waals surface area (Å²) in [6.45, 7) is 3.28. The number of hydrogen-bond donors (Lipinski definition) is 1. The minimum Gasteiger partial charge on any atom is -0.308 e. The van der Waals surface area contributed by atoms with Gasteiger partial charge in [0, 0.05) is 4.88 Å². The van der Waals surface area contributed by atoms with Crippen molar-refractivity contribution in [2.24, 2.45) is 5.92 Å². The summed E-state index contributed by atoms with van der Waals surface area (Å²) in [5, 5.41) is 5.08. The smallest absolute Gasteiger partial charge is 0.110 e. The number of rotatable bonds is 5. The summed E-state index contributed by atoms with van der Waals surface area (Å²) in [7, 11) is 0. The third kappa shape index (κ3) is 3.43. The van der Waals surface area contributed by atoms with Crippen LogP contribution in [-0.2, 0) is 12.8 Å². The fourth-order valence-corrected chi connectivity index (χ4v) is 5.04. The van der Waals surface area contributed by atoms with Crippen LogP contribution in [0.15, 0.2) is 0 Å². The molecule has 0 saturated heterocycles. The molecule has 2 nitrogen and oxygen atoms in total. The van der Waals surface area contributed by atoms with Crippen molar-refractivity contribution in [3.8, 4) is 0 Å². The van der Waals surface area contributed by atoms with Crippen molar-refractivity contribution in [1.82, 2.24) is 10.3 Å². The first-order valence-corrected chi connectivity index (χ1v) is 9.40. The van der Waals surface area contributed by atoms with Gasteiger partial charge in [0.15, 0.2) is 0 Å². The first-order chi connectivity index (χ1) is 9.86. The van der Waals surface area contributed by atoms with Crippen molar-refractivity contribution in [2.75, 3.05) is 6.54 Å². The van der Waals surface area contributed by atoms with Gasteiger partial charge in [0.1, 0.15) is 5.01 Å². The van der Waals surface area contributed by atoms with Crippen LogP contribution >= 0.6 is 11.3 Å². The molecule has 20 heavy (non-hydrogen) atoms. The topological polar surface area (TPSA) is 24.9 Å². The lowest BCUT2D eigenvalue weighted by molar-refractivity contribution is 0.301. The Morgan fingerprint density at radius 3 is 2.70 bits per heavy atom. The van der Waals surface area contributed by atoms with E-state index in [1.165, 1.54) is 74.9 Å². The van der Waals surface area contributed by atoms with E-state index in [9.17, 15) is 0 Å². The summed E-state index contributed by atoms with van der Waals surface area (Å²) in [4.78, 5) is 6.57. The molecule has 0 amide bonds. The van der Waals surface area contributed by atoms with Gasteiger partial charge in [0.2, 0.25) is 0 Å².